The Morgan fingerprint density at radius 2 is 0.774 bits per heavy atom. The molecule has 0 heterocycles. The molecule has 0 aliphatic carbocycles. The third-order valence-corrected chi connectivity index (χ3v) is 8.20. The van der Waals surface area contributed by atoms with Crippen molar-refractivity contribution in [2.24, 2.45) is 4.99 Å². The van der Waals surface area contributed by atoms with Crippen LogP contribution in [0.25, 0.3) is 0 Å². The molecule has 0 spiro atoms. The van der Waals surface area contributed by atoms with Crippen molar-refractivity contribution in [1.29, 1.82) is 0 Å². The van der Waals surface area contributed by atoms with Crippen molar-refractivity contribution in [2.75, 3.05) is 0 Å². The Bertz CT molecular complexity index is 1880. The molecule has 360 valence electrons. The second kappa shape index (κ2) is 15.3. The minimum atomic E-state index is -10.1. The van der Waals surface area contributed by atoms with Gasteiger partial charge in [0, 0.05) is 18.0 Å². The number of aliphatic imine (C=N–C) groups is 1. The lowest BCUT2D eigenvalue weighted by Crippen LogP contribution is -2.79. The Labute approximate surface area is 319 Å². The summed E-state index contributed by atoms with van der Waals surface area (Å²) < 4.78 is 427. The summed E-state index contributed by atoms with van der Waals surface area (Å²) in [5.74, 6) is -134. The largest absolute Gasteiger partial charge is 0.460 e. The van der Waals surface area contributed by atoms with Gasteiger partial charge in [-0.05, 0) is 31.5 Å². The molecule has 1 amide bonds. The molecule has 0 radical (unpaired) electrons. The quantitative estimate of drug-likeness (QED) is 0.0905. The highest BCUT2D eigenvalue weighted by atomic mass is 19.4. The first-order valence-corrected chi connectivity index (χ1v) is 14.6. The van der Waals surface area contributed by atoms with Gasteiger partial charge < -0.3 is 5.32 Å². The standard InChI is InChI=1S/C27H13F31N2O2/c1-8(60-12(62)10-4-3-5-11(9(10)2)59-7-61)6-13(28,29)14(30,31)15(32,33)16(34,35)17(36,37)18(38,39)19(40,41)20(42,43)21(44,45)22(46,47)23(48,49)24(50,51)25(52,53)26(54,55)27(56,57)58/h3-5,8H,6H2,1-2H3,(H,60,62). The lowest BCUT2D eigenvalue weighted by Gasteiger charge is -2.46. The van der Waals surface area contributed by atoms with Crippen LogP contribution in [0.2, 0.25) is 0 Å². The van der Waals surface area contributed by atoms with Crippen LogP contribution in [0, 0.1) is 6.92 Å². The van der Waals surface area contributed by atoms with Gasteiger partial charge in [-0.1, -0.05) is 6.07 Å². The maximum atomic E-state index is 14.5. The van der Waals surface area contributed by atoms with E-state index in [0.717, 1.165) is 31.2 Å². The van der Waals surface area contributed by atoms with Gasteiger partial charge in [-0.25, -0.2) is 4.79 Å². The molecule has 1 unspecified atom stereocenters. The van der Waals surface area contributed by atoms with Gasteiger partial charge in [-0.3, -0.25) is 4.79 Å². The number of alkyl halides is 31. The molecule has 62 heavy (non-hydrogen) atoms. The molecule has 1 aromatic carbocycles. The van der Waals surface area contributed by atoms with Gasteiger partial charge in [-0.2, -0.15) is 141 Å². The first-order chi connectivity index (χ1) is 26.7. The summed E-state index contributed by atoms with van der Waals surface area (Å²) in [5, 5.41) is 1.25. The zero-order chi connectivity index (χ0) is 50.3. The van der Waals surface area contributed by atoms with Crippen molar-refractivity contribution in [3.8, 4) is 0 Å². The molecule has 0 bridgehead atoms. The molecule has 1 N–H and O–H groups in total. The van der Waals surface area contributed by atoms with Gasteiger partial charge in [0.15, 0.2) is 0 Å². The zero-order valence-electron chi connectivity index (χ0n) is 28.5. The highest BCUT2D eigenvalue weighted by Crippen LogP contribution is 2.69. The summed E-state index contributed by atoms with van der Waals surface area (Å²) in [6.45, 7) is 0.981. The number of benzene rings is 1. The summed E-state index contributed by atoms with van der Waals surface area (Å²) in [6.07, 6.45) is -10.7. The predicted molar refractivity (Wildman–Crippen MR) is 136 cm³/mol. The van der Waals surface area contributed by atoms with Crippen LogP contribution in [-0.4, -0.2) is 107 Å². The molecule has 0 aromatic heterocycles. The minimum absolute atomic E-state index is 0.0602. The van der Waals surface area contributed by atoms with Gasteiger partial charge in [-0.15, -0.1) is 0 Å². The normalized spacial score (nSPS) is 16.2. The number of nitrogens with one attached hydrogen (secondary N) is 1. The molecule has 1 rings (SSSR count). The number of isocyanates is 1. The van der Waals surface area contributed by atoms with E-state index in [-0.39, 0.29) is 6.92 Å². The number of carbonyl (C=O) groups is 1. The molecule has 35 heteroatoms. The predicted octanol–water partition coefficient (Wildman–Crippen LogP) is 11.9. The smallest absolute Gasteiger partial charge is 0.349 e. The highest BCUT2D eigenvalue weighted by molar-refractivity contribution is 5.97. The van der Waals surface area contributed by atoms with Crippen LogP contribution in [-0.2, 0) is 4.79 Å². The number of carbonyl (C=O) groups excluding carboxylic acids is 2. The highest BCUT2D eigenvalue weighted by Gasteiger charge is 3.01. The molecule has 4 nitrogen and oxygen atoms in total. The van der Waals surface area contributed by atoms with Crippen LogP contribution in [0.15, 0.2) is 23.2 Å². The maximum absolute atomic E-state index is 14.5. The summed E-state index contributed by atoms with van der Waals surface area (Å²) >= 11 is 0. The molecular formula is C27H13F31N2O2. The number of nitrogens with zero attached hydrogens (tertiary/aromatic N) is 1. The number of hydrogen-bond acceptors (Lipinski definition) is 3. The van der Waals surface area contributed by atoms with Crippen molar-refractivity contribution < 1.29 is 146 Å². The maximum Gasteiger partial charge on any atom is 0.460 e. The van der Waals surface area contributed by atoms with E-state index in [1.807, 2.05) is 0 Å². The van der Waals surface area contributed by atoms with E-state index in [1.54, 1.807) is 0 Å². The van der Waals surface area contributed by atoms with Crippen molar-refractivity contribution in [3.63, 3.8) is 0 Å². The van der Waals surface area contributed by atoms with E-state index >= 15 is 0 Å². The number of hydrogen-bond donors (Lipinski definition) is 1. The molecule has 1 aromatic rings. The van der Waals surface area contributed by atoms with Gasteiger partial charge in [0.25, 0.3) is 5.91 Å². The van der Waals surface area contributed by atoms with E-state index < -0.39 is 124 Å². The Morgan fingerprint density at radius 1 is 0.500 bits per heavy atom. The van der Waals surface area contributed by atoms with E-state index in [4.69, 9.17) is 0 Å². The molecule has 0 fully saturated rings. The Balaban J connectivity index is 3.84. The van der Waals surface area contributed by atoms with E-state index in [9.17, 15) is 146 Å². The van der Waals surface area contributed by atoms with Crippen LogP contribution in [0.3, 0.4) is 0 Å². The summed E-state index contributed by atoms with van der Waals surface area (Å²) in [4.78, 5) is 25.8. The minimum Gasteiger partial charge on any atom is -0.349 e. The summed E-state index contributed by atoms with van der Waals surface area (Å²) in [7, 11) is 0. The average molecular weight is 986 g/mol. The first-order valence-electron chi connectivity index (χ1n) is 14.6. The van der Waals surface area contributed by atoms with Crippen LogP contribution in [0.5, 0.6) is 0 Å². The van der Waals surface area contributed by atoms with Gasteiger partial charge in [0.05, 0.1) is 5.69 Å². The molecule has 0 saturated carbocycles. The van der Waals surface area contributed by atoms with Crippen LogP contribution in [0.4, 0.5) is 142 Å². The molecule has 1 atom stereocenters. The topological polar surface area (TPSA) is 58.5 Å². The Hall–Kier alpha value is -4.10. The lowest BCUT2D eigenvalue weighted by molar-refractivity contribution is -0.489. The Morgan fingerprint density at radius 3 is 1.05 bits per heavy atom. The second-order valence-corrected chi connectivity index (χ2v) is 12.4. The van der Waals surface area contributed by atoms with Crippen molar-refractivity contribution in [3.05, 3.63) is 29.3 Å². The zero-order valence-corrected chi connectivity index (χ0v) is 28.5. The number of rotatable bonds is 18. The van der Waals surface area contributed by atoms with Gasteiger partial charge >= 0.3 is 89.1 Å². The monoisotopic (exact) mass is 986 g/mol. The van der Waals surface area contributed by atoms with Crippen molar-refractivity contribution >= 4 is 17.7 Å². The average Bonchev–Trinajstić information content (AvgIpc) is 3.07. The van der Waals surface area contributed by atoms with E-state index in [2.05, 4.69) is 4.99 Å². The molecule has 0 aliphatic rings. The number of halogens is 31. The van der Waals surface area contributed by atoms with Crippen LogP contribution in [0.1, 0.15) is 29.3 Å². The van der Waals surface area contributed by atoms with Crippen LogP contribution >= 0.6 is 0 Å². The second-order valence-electron chi connectivity index (χ2n) is 12.4. The molecular weight excluding hydrogens is 973 g/mol. The fourth-order valence-electron chi connectivity index (χ4n) is 4.48. The fraction of sp³-hybridized carbons (Fsp3) is 0.704. The first kappa shape index (κ1) is 55.9. The van der Waals surface area contributed by atoms with E-state index in [0.29, 0.717) is 0 Å². The third kappa shape index (κ3) is 7.30. The van der Waals surface area contributed by atoms with Crippen LogP contribution < -0.4 is 5.32 Å². The molecule has 0 saturated heterocycles. The van der Waals surface area contributed by atoms with Gasteiger partial charge in [0.2, 0.25) is 6.08 Å². The van der Waals surface area contributed by atoms with Crippen molar-refractivity contribution in [1.82, 2.24) is 5.32 Å². The Kier molecular flexibility index (Phi) is 13.8. The van der Waals surface area contributed by atoms with E-state index in [1.165, 1.54) is 5.32 Å². The summed E-state index contributed by atoms with van der Waals surface area (Å²) in [6, 6.07) is -0.321. The van der Waals surface area contributed by atoms with Gasteiger partial charge in [0.1, 0.15) is 0 Å². The fourth-order valence-corrected chi connectivity index (χ4v) is 4.48. The molecule has 0 aliphatic heterocycles. The third-order valence-electron chi connectivity index (χ3n) is 8.20. The lowest BCUT2D eigenvalue weighted by atomic mass is 9.82. The van der Waals surface area contributed by atoms with Crippen molar-refractivity contribution in [2.45, 2.75) is 115 Å². The summed E-state index contributed by atoms with van der Waals surface area (Å²) in [5.41, 5.74) is -1.59. The SMILES string of the molecule is Cc1c(N=C=O)cccc1C(=O)NC(C)CC(F)(F)C(F)(F)C(F)(F)C(F)(F)C(F)(F)C(F)(F)C(F)(F)C(F)(F)C(F)(F)C(F)(F)C(F)(F)C(F)(F)C(F)(F)C(F)(F)C(F)(F)F. The number of amides is 1.